The van der Waals surface area contributed by atoms with Gasteiger partial charge in [0, 0.05) is 16.8 Å². The first-order valence-electron chi connectivity index (χ1n) is 3.67. The minimum Gasteiger partial charge on any atom is -0.306 e. The van der Waals surface area contributed by atoms with Crippen molar-refractivity contribution in [1.29, 1.82) is 0 Å². The first-order chi connectivity index (χ1) is 4.27. The lowest BCUT2D eigenvalue weighted by atomic mass is 10.0. The van der Waals surface area contributed by atoms with Crippen molar-refractivity contribution >= 4 is 12.6 Å². The molecule has 1 N–H and O–H groups in total. The summed E-state index contributed by atoms with van der Waals surface area (Å²) < 4.78 is 0. The molecule has 0 radical (unpaired) electrons. The van der Waals surface area contributed by atoms with E-state index in [4.69, 9.17) is 0 Å². The zero-order valence-corrected chi connectivity index (χ0v) is 8.55. The van der Waals surface area contributed by atoms with E-state index in [1.54, 1.807) is 0 Å². The van der Waals surface area contributed by atoms with Crippen molar-refractivity contribution in [3.05, 3.63) is 0 Å². The largest absolute Gasteiger partial charge is 0.306 e. The highest BCUT2D eigenvalue weighted by atomic mass is 32.1. The van der Waals surface area contributed by atoms with Crippen LogP contribution in [0.3, 0.4) is 0 Å². The average Bonchev–Trinajstić information content (AvgIpc) is 1.60. The molecule has 0 saturated carbocycles. The number of rotatable bonds is 2. The second-order valence-corrected chi connectivity index (χ2v) is 4.73. The minimum atomic E-state index is 0.140. The Kier molecular flexibility index (Phi) is 3.24. The summed E-state index contributed by atoms with van der Waals surface area (Å²) >= 11 is 4.25. The molecule has 0 heterocycles. The third kappa shape index (κ3) is 5.12. The molecule has 62 valence electrons. The van der Waals surface area contributed by atoms with E-state index in [9.17, 15) is 0 Å². The van der Waals surface area contributed by atoms with E-state index in [0.717, 1.165) is 5.75 Å². The van der Waals surface area contributed by atoms with Crippen molar-refractivity contribution in [1.82, 2.24) is 5.32 Å². The van der Waals surface area contributed by atoms with Crippen LogP contribution in [0, 0.1) is 0 Å². The van der Waals surface area contributed by atoms with Crippen LogP contribution < -0.4 is 5.32 Å². The summed E-state index contributed by atoms with van der Waals surface area (Å²) in [6.07, 6.45) is 0. The van der Waals surface area contributed by atoms with Gasteiger partial charge in [-0.3, -0.25) is 0 Å². The molecular weight excluding hydrogens is 142 g/mol. The quantitative estimate of drug-likeness (QED) is 0.591. The van der Waals surface area contributed by atoms with Gasteiger partial charge in [-0.2, -0.15) is 12.6 Å². The van der Waals surface area contributed by atoms with E-state index in [-0.39, 0.29) is 11.1 Å². The molecule has 0 aliphatic rings. The van der Waals surface area contributed by atoms with Crippen LogP contribution in [0.5, 0.6) is 0 Å². The Hall–Kier alpha value is 0.310. The molecule has 0 atom stereocenters. The van der Waals surface area contributed by atoms with Gasteiger partial charge in [0.05, 0.1) is 0 Å². The van der Waals surface area contributed by atoms with Crippen LogP contribution in [0.2, 0.25) is 0 Å². The third-order valence-corrected chi connectivity index (χ3v) is 1.90. The Balaban J connectivity index is 3.89. The SMILES string of the molecule is CC(C)(C)NC(C)(C)CS. The van der Waals surface area contributed by atoms with Crippen molar-refractivity contribution in [2.24, 2.45) is 0 Å². The molecule has 0 aromatic carbocycles. The summed E-state index contributed by atoms with van der Waals surface area (Å²) in [4.78, 5) is 0. The van der Waals surface area contributed by atoms with Gasteiger partial charge in [0.1, 0.15) is 0 Å². The predicted molar refractivity (Wildman–Crippen MR) is 50.8 cm³/mol. The average molecular weight is 161 g/mol. The highest BCUT2D eigenvalue weighted by Gasteiger charge is 2.21. The van der Waals surface area contributed by atoms with Crippen molar-refractivity contribution in [3.8, 4) is 0 Å². The lowest BCUT2D eigenvalue weighted by molar-refractivity contribution is 0.308. The van der Waals surface area contributed by atoms with Crippen LogP contribution in [-0.2, 0) is 0 Å². The Morgan fingerprint density at radius 1 is 1.10 bits per heavy atom. The molecule has 0 amide bonds. The van der Waals surface area contributed by atoms with E-state index in [2.05, 4.69) is 52.6 Å². The maximum absolute atomic E-state index is 4.25. The van der Waals surface area contributed by atoms with Crippen LogP contribution in [0.1, 0.15) is 34.6 Å². The van der Waals surface area contributed by atoms with Gasteiger partial charge in [0.25, 0.3) is 0 Å². The van der Waals surface area contributed by atoms with Gasteiger partial charge in [0.2, 0.25) is 0 Å². The van der Waals surface area contributed by atoms with Crippen LogP contribution in [0.25, 0.3) is 0 Å². The van der Waals surface area contributed by atoms with E-state index in [1.165, 1.54) is 0 Å². The molecule has 0 bridgehead atoms. The van der Waals surface area contributed by atoms with E-state index in [0.29, 0.717) is 0 Å². The van der Waals surface area contributed by atoms with Crippen molar-refractivity contribution in [2.45, 2.75) is 45.7 Å². The highest BCUT2D eigenvalue weighted by molar-refractivity contribution is 7.80. The van der Waals surface area contributed by atoms with E-state index >= 15 is 0 Å². The summed E-state index contributed by atoms with van der Waals surface area (Å²) in [7, 11) is 0. The van der Waals surface area contributed by atoms with Gasteiger partial charge in [-0.15, -0.1) is 0 Å². The fraction of sp³-hybridized carbons (Fsp3) is 1.00. The molecule has 0 saturated heterocycles. The normalized spacial score (nSPS) is 13.8. The standard InChI is InChI=1S/C8H19NS/c1-7(2,3)9-8(4,5)6-10/h9-10H,6H2,1-5H3. The smallest absolute Gasteiger partial charge is 0.0217 e. The molecule has 0 aromatic rings. The molecule has 0 aliphatic carbocycles. The molecule has 2 heteroatoms. The summed E-state index contributed by atoms with van der Waals surface area (Å²) in [5.41, 5.74) is 0.327. The molecule has 0 aliphatic heterocycles. The maximum atomic E-state index is 4.25. The van der Waals surface area contributed by atoms with Crippen molar-refractivity contribution in [2.75, 3.05) is 5.75 Å². The van der Waals surface area contributed by atoms with Gasteiger partial charge in [-0.1, -0.05) is 0 Å². The summed E-state index contributed by atoms with van der Waals surface area (Å²) in [6, 6.07) is 0. The fourth-order valence-electron chi connectivity index (χ4n) is 1.05. The highest BCUT2D eigenvalue weighted by Crippen LogP contribution is 2.11. The molecule has 0 spiro atoms. The monoisotopic (exact) mass is 161 g/mol. The first-order valence-corrected chi connectivity index (χ1v) is 4.30. The Morgan fingerprint density at radius 2 is 1.50 bits per heavy atom. The molecule has 0 unspecified atom stereocenters. The van der Waals surface area contributed by atoms with Gasteiger partial charge in [-0.05, 0) is 34.6 Å². The lowest BCUT2D eigenvalue weighted by Crippen LogP contribution is -2.51. The number of nitrogens with one attached hydrogen (secondary N) is 1. The van der Waals surface area contributed by atoms with Crippen LogP contribution in [0.15, 0.2) is 0 Å². The number of hydrogen-bond acceptors (Lipinski definition) is 2. The van der Waals surface area contributed by atoms with Crippen molar-refractivity contribution in [3.63, 3.8) is 0 Å². The summed E-state index contributed by atoms with van der Waals surface area (Å²) in [5.74, 6) is 0.865. The Bertz CT molecular complexity index is 102. The van der Waals surface area contributed by atoms with Crippen LogP contribution >= 0.6 is 12.6 Å². The van der Waals surface area contributed by atoms with Gasteiger partial charge in [-0.25, -0.2) is 0 Å². The van der Waals surface area contributed by atoms with E-state index in [1.807, 2.05) is 0 Å². The zero-order chi connectivity index (χ0) is 8.41. The predicted octanol–water partition coefficient (Wildman–Crippen LogP) is 2.08. The topological polar surface area (TPSA) is 12.0 Å². The van der Waals surface area contributed by atoms with Gasteiger partial charge >= 0.3 is 0 Å². The second kappa shape index (κ2) is 3.14. The fourth-order valence-corrected chi connectivity index (χ4v) is 1.13. The molecule has 0 fully saturated rings. The molecule has 1 nitrogen and oxygen atoms in total. The number of hydrogen-bond donors (Lipinski definition) is 2. The molecule has 0 aromatic heterocycles. The zero-order valence-electron chi connectivity index (χ0n) is 7.65. The number of thiol groups is 1. The van der Waals surface area contributed by atoms with Crippen molar-refractivity contribution < 1.29 is 0 Å². The minimum absolute atomic E-state index is 0.140. The van der Waals surface area contributed by atoms with Crippen LogP contribution in [-0.4, -0.2) is 16.8 Å². The molecule has 10 heavy (non-hydrogen) atoms. The molecule has 0 rings (SSSR count). The lowest BCUT2D eigenvalue weighted by Gasteiger charge is -2.33. The van der Waals surface area contributed by atoms with Gasteiger partial charge < -0.3 is 5.32 Å². The van der Waals surface area contributed by atoms with Gasteiger partial charge in [0.15, 0.2) is 0 Å². The second-order valence-electron chi connectivity index (χ2n) is 4.42. The Labute approximate surface area is 70.0 Å². The molecular formula is C8H19NS. The van der Waals surface area contributed by atoms with E-state index < -0.39 is 0 Å². The first kappa shape index (κ1) is 10.3. The van der Waals surface area contributed by atoms with Crippen LogP contribution in [0.4, 0.5) is 0 Å². The summed E-state index contributed by atoms with van der Waals surface area (Å²) in [5, 5.41) is 3.47. The third-order valence-electron chi connectivity index (χ3n) is 1.11. The maximum Gasteiger partial charge on any atom is 0.0217 e. The summed E-state index contributed by atoms with van der Waals surface area (Å²) in [6.45, 7) is 10.8. The Morgan fingerprint density at radius 3 is 1.60 bits per heavy atom.